The highest BCUT2D eigenvalue weighted by Crippen LogP contribution is 2.27. The first-order chi connectivity index (χ1) is 8.24. The zero-order valence-corrected chi connectivity index (χ0v) is 11.0. The molecule has 0 amide bonds. The Labute approximate surface area is 109 Å². The van der Waals surface area contributed by atoms with Crippen LogP contribution in [0.2, 0.25) is 0 Å². The van der Waals surface area contributed by atoms with E-state index in [1.54, 1.807) is 0 Å². The number of benzene rings is 2. The molecule has 1 aliphatic heterocycles. The third kappa shape index (κ3) is 1.95. The van der Waals surface area contributed by atoms with Crippen molar-refractivity contribution in [2.24, 2.45) is 0 Å². The fourth-order valence-corrected chi connectivity index (χ4v) is 2.71. The van der Waals surface area contributed by atoms with Gasteiger partial charge in [0.2, 0.25) is 0 Å². The van der Waals surface area contributed by atoms with Gasteiger partial charge in [0.1, 0.15) is 5.84 Å². The van der Waals surface area contributed by atoms with E-state index in [-0.39, 0.29) is 0 Å². The number of anilines is 1. The molecule has 2 nitrogen and oxygen atoms in total. The summed E-state index contributed by atoms with van der Waals surface area (Å²) in [5.74, 6) is 0.737. The monoisotopic (exact) mass is 288 g/mol. The molecule has 0 aromatic heterocycles. The number of hydrogen-bond donors (Lipinski definition) is 1. The van der Waals surface area contributed by atoms with Gasteiger partial charge in [-0.05, 0) is 41.5 Å². The lowest BCUT2D eigenvalue weighted by Crippen LogP contribution is -2.22. The Morgan fingerprint density at radius 3 is 2.59 bits per heavy atom. The molecule has 2 aromatic carbocycles. The minimum Gasteiger partial charge on any atom is -0.330 e. The summed E-state index contributed by atoms with van der Waals surface area (Å²) in [4.78, 5) is 2.10. The van der Waals surface area contributed by atoms with Gasteiger partial charge in [-0.1, -0.05) is 28.1 Å². The summed E-state index contributed by atoms with van der Waals surface area (Å²) in [6.07, 6.45) is 2.00. The number of nitrogens with one attached hydrogen (secondary N) is 1. The molecule has 1 fully saturated rings. The average molecular weight is 289 g/mol. The third-order valence-corrected chi connectivity index (χ3v) is 3.71. The van der Waals surface area contributed by atoms with Crippen LogP contribution in [0, 0.1) is 5.41 Å². The first-order valence-electron chi connectivity index (χ1n) is 5.78. The van der Waals surface area contributed by atoms with Crippen molar-refractivity contribution in [1.29, 1.82) is 5.41 Å². The molecule has 3 heteroatoms. The summed E-state index contributed by atoms with van der Waals surface area (Å²) in [6, 6.07) is 12.7. The van der Waals surface area contributed by atoms with Gasteiger partial charge in [-0.25, -0.2) is 0 Å². The van der Waals surface area contributed by atoms with Crippen LogP contribution in [0.4, 0.5) is 5.69 Å². The summed E-state index contributed by atoms with van der Waals surface area (Å²) in [6.45, 7) is 0.973. The second kappa shape index (κ2) is 4.15. The lowest BCUT2D eigenvalue weighted by Gasteiger charge is -2.18. The van der Waals surface area contributed by atoms with Crippen molar-refractivity contribution in [3.05, 3.63) is 40.9 Å². The Morgan fingerprint density at radius 2 is 1.82 bits per heavy atom. The first-order valence-corrected chi connectivity index (χ1v) is 6.58. The minimum absolute atomic E-state index is 0.737. The molecule has 1 saturated heterocycles. The maximum absolute atomic E-state index is 7.90. The zero-order valence-electron chi connectivity index (χ0n) is 9.41. The molecule has 0 unspecified atom stereocenters. The highest BCUT2D eigenvalue weighted by atomic mass is 79.9. The predicted octanol–water partition coefficient (Wildman–Crippen LogP) is 4.18. The molecule has 1 aliphatic rings. The topological polar surface area (TPSA) is 27.1 Å². The minimum atomic E-state index is 0.737. The van der Waals surface area contributed by atoms with Crippen molar-refractivity contribution in [2.75, 3.05) is 11.4 Å². The van der Waals surface area contributed by atoms with Crippen LogP contribution in [0.1, 0.15) is 12.8 Å². The van der Waals surface area contributed by atoms with Crippen LogP contribution in [-0.4, -0.2) is 12.4 Å². The second-order valence-corrected chi connectivity index (χ2v) is 5.29. The Balaban J connectivity index is 2.07. The second-order valence-electron chi connectivity index (χ2n) is 4.38. The largest absolute Gasteiger partial charge is 0.330 e. The molecule has 17 heavy (non-hydrogen) atoms. The number of rotatable bonds is 1. The summed E-state index contributed by atoms with van der Waals surface area (Å²) in [5.41, 5.74) is 1.14. The van der Waals surface area contributed by atoms with Crippen molar-refractivity contribution in [2.45, 2.75) is 12.8 Å². The van der Waals surface area contributed by atoms with Crippen LogP contribution in [0.25, 0.3) is 10.8 Å². The van der Waals surface area contributed by atoms with Gasteiger partial charge in [0.05, 0.1) is 0 Å². The van der Waals surface area contributed by atoms with Crippen LogP contribution in [0.15, 0.2) is 40.9 Å². The normalized spacial score (nSPS) is 15.8. The molecule has 0 spiro atoms. The van der Waals surface area contributed by atoms with Crippen molar-refractivity contribution >= 4 is 38.2 Å². The van der Waals surface area contributed by atoms with E-state index < -0.39 is 0 Å². The Morgan fingerprint density at radius 1 is 1.06 bits per heavy atom. The molecule has 3 rings (SSSR count). The number of halogens is 1. The molecule has 0 radical (unpaired) electrons. The lowest BCUT2D eigenvalue weighted by atomic mass is 10.1. The quantitative estimate of drug-likeness (QED) is 0.837. The molecular formula is C14H13BrN2. The molecule has 0 bridgehead atoms. The molecular weight excluding hydrogens is 276 g/mol. The standard InChI is InChI=1S/C14H13BrN2/c15-12-5-3-11-9-13(6-4-10(11)8-12)17-7-1-2-14(17)16/h3-6,8-9,16H,1-2,7H2. The van der Waals surface area contributed by atoms with Gasteiger partial charge in [0, 0.05) is 23.1 Å². The molecule has 1 N–H and O–H groups in total. The van der Waals surface area contributed by atoms with Gasteiger partial charge in [0.25, 0.3) is 0 Å². The fraction of sp³-hybridized carbons (Fsp3) is 0.214. The van der Waals surface area contributed by atoms with Gasteiger partial charge in [-0.15, -0.1) is 0 Å². The van der Waals surface area contributed by atoms with Crippen molar-refractivity contribution in [3.8, 4) is 0 Å². The Kier molecular flexibility index (Phi) is 2.63. The van der Waals surface area contributed by atoms with Gasteiger partial charge < -0.3 is 4.90 Å². The molecule has 0 atom stereocenters. The van der Waals surface area contributed by atoms with E-state index in [0.717, 1.165) is 35.4 Å². The van der Waals surface area contributed by atoms with Crippen LogP contribution in [0.3, 0.4) is 0 Å². The van der Waals surface area contributed by atoms with Crippen molar-refractivity contribution in [1.82, 2.24) is 0 Å². The first kappa shape index (κ1) is 10.8. The zero-order chi connectivity index (χ0) is 11.8. The number of nitrogens with zero attached hydrogens (tertiary/aromatic N) is 1. The smallest absolute Gasteiger partial charge is 0.100 e. The highest BCUT2D eigenvalue weighted by molar-refractivity contribution is 9.10. The van der Waals surface area contributed by atoms with Crippen LogP contribution in [0.5, 0.6) is 0 Å². The van der Waals surface area contributed by atoms with Crippen LogP contribution in [-0.2, 0) is 0 Å². The van der Waals surface area contributed by atoms with Crippen LogP contribution >= 0.6 is 15.9 Å². The van der Waals surface area contributed by atoms with Crippen molar-refractivity contribution in [3.63, 3.8) is 0 Å². The number of fused-ring (bicyclic) bond motifs is 1. The summed E-state index contributed by atoms with van der Waals surface area (Å²) in [5, 5.41) is 10.4. The van der Waals surface area contributed by atoms with E-state index in [9.17, 15) is 0 Å². The molecule has 86 valence electrons. The Hall–Kier alpha value is -1.35. The summed E-state index contributed by atoms with van der Waals surface area (Å²) < 4.78 is 1.10. The van der Waals surface area contributed by atoms with E-state index in [0.29, 0.717) is 0 Å². The van der Waals surface area contributed by atoms with E-state index in [1.165, 1.54) is 10.8 Å². The molecule has 2 aromatic rings. The van der Waals surface area contributed by atoms with E-state index in [1.807, 2.05) is 0 Å². The summed E-state index contributed by atoms with van der Waals surface area (Å²) in [7, 11) is 0. The fourth-order valence-electron chi connectivity index (χ4n) is 2.33. The third-order valence-electron chi connectivity index (χ3n) is 3.22. The van der Waals surface area contributed by atoms with E-state index in [2.05, 4.69) is 57.2 Å². The molecule has 0 aliphatic carbocycles. The Bertz CT molecular complexity index is 592. The van der Waals surface area contributed by atoms with E-state index in [4.69, 9.17) is 5.41 Å². The highest BCUT2D eigenvalue weighted by Gasteiger charge is 2.18. The summed E-state index contributed by atoms with van der Waals surface area (Å²) >= 11 is 3.48. The van der Waals surface area contributed by atoms with Crippen LogP contribution < -0.4 is 4.90 Å². The van der Waals surface area contributed by atoms with Gasteiger partial charge >= 0.3 is 0 Å². The maximum Gasteiger partial charge on any atom is 0.100 e. The number of amidine groups is 1. The molecule has 1 heterocycles. The average Bonchev–Trinajstić information content (AvgIpc) is 2.75. The van der Waals surface area contributed by atoms with Gasteiger partial charge in [0.15, 0.2) is 0 Å². The van der Waals surface area contributed by atoms with Crippen molar-refractivity contribution < 1.29 is 0 Å². The predicted molar refractivity (Wildman–Crippen MR) is 76.0 cm³/mol. The van der Waals surface area contributed by atoms with E-state index >= 15 is 0 Å². The number of hydrogen-bond acceptors (Lipinski definition) is 1. The van der Waals surface area contributed by atoms with Gasteiger partial charge in [-0.2, -0.15) is 0 Å². The maximum atomic E-state index is 7.90. The van der Waals surface area contributed by atoms with Gasteiger partial charge in [-0.3, -0.25) is 5.41 Å². The lowest BCUT2D eigenvalue weighted by molar-refractivity contribution is 0.957. The molecule has 0 saturated carbocycles. The SMILES string of the molecule is N=C1CCCN1c1ccc2cc(Br)ccc2c1.